The second kappa shape index (κ2) is 9.37. The zero-order valence-electron chi connectivity index (χ0n) is 12.0. The minimum absolute atomic E-state index is 0.0899. The van der Waals surface area contributed by atoms with Crippen molar-refractivity contribution in [1.82, 2.24) is 10.6 Å². The van der Waals surface area contributed by atoms with Crippen LogP contribution < -0.4 is 15.4 Å². The van der Waals surface area contributed by atoms with Gasteiger partial charge in [0.1, 0.15) is 11.8 Å². The van der Waals surface area contributed by atoms with Gasteiger partial charge in [0.25, 0.3) is 5.91 Å². The average Bonchev–Trinajstić information content (AvgIpc) is 2.51. The molecule has 0 aliphatic rings. The number of nitriles is 1. The largest absolute Gasteiger partial charge is 0.482 e. The first-order valence-electron chi connectivity index (χ1n) is 6.82. The zero-order valence-corrected chi connectivity index (χ0v) is 12.0. The molecule has 6 heteroatoms. The number of hydrogen-bond donors (Lipinski definition) is 2. The molecule has 21 heavy (non-hydrogen) atoms. The molecular weight excluding hydrogens is 270 g/mol. The third-order valence-corrected chi connectivity index (χ3v) is 2.61. The SMILES string of the molecule is CCCNC(=O)CCNC(=O)COc1ccccc1C#N. The Bertz CT molecular complexity index is 523. The van der Waals surface area contributed by atoms with E-state index in [2.05, 4.69) is 10.6 Å². The number of carbonyl (C=O) groups excluding carboxylic acids is 2. The Hall–Kier alpha value is -2.55. The number of para-hydroxylation sites is 1. The molecule has 0 fully saturated rings. The van der Waals surface area contributed by atoms with Gasteiger partial charge in [-0.3, -0.25) is 9.59 Å². The second-order valence-electron chi connectivity index (χ2n) is 4.35. The van der Waals surface area contributed by atoms with E-state index >= 15 is 0 Å². The highest BCUT2D eigenvalue weighted by Gasteiger charge is 2.07. The van der Waals surface area contributed by atoms with Gasteiger partial charge in [-0.05, 0) is 18.6 Å². The molecule has 0 aliphatic heterocycles. The van der Waals surface area contributed by atoms with Crippen LogP contribution in [0.15, 0.2) is 24.3 Å². The van der Waals surface area contributed by atoms with E-state index in [0.29, 0.717) is 17.9 Å². The molecule has 1 aromatic carbocycles. The highest BCUT2D eigenvalue weighted by Crippen LogP contribution is 2.15. The van der Waals surface area contributed by atoms with Crippen LogP contribution in [0.4, 0.5) is 0 Å². The van der Waals surface area contributed by atoms with Gasteiger partial charge >= 0.3 is 0 Å². The number of amides is 2. The summed E-state index contributed by atoms with van der Waals surface area (Å²) in [6.07, 6.45) is 1.12. The second-order valence-corrected chi connectivity index (χ2v) is 4.35. The Morgan fingerprint density at radius 1 is 1.19 bits per heavy atom. The van der Waals surface area contributed by atoms with E-state index in [1.807, 2.05) is 13.0 Å². The van der Waals surface area contributed by atoms with E-state index in [0.717, 1.165) is 6.42 Å². The Balaban J connectivity index is 2.26. The number of carbonyl (C=O) groups is 2. The van der Waals surface area contributed by atoms with E-state index in [-0.39, 0.29) is 31.4 Å². The molecule has 6 nitrogen and oxygen atoms in total. The number of benzene rings is 1. The molecule has 0 saturated carbocycles. The van der Waals surface area contributed by atoms with Gasteiger partial charge < -0.3 is 15.4 Å². The molecule has 0 aromatic heterocycles. The molecule has 2 N–H and O–H groups in total. The molecule has 0 bridgehead atoms. The molecule has 0 radical (unpaired) electrons. The van der Waals surface area contributed by atoms with Crippen LogP contribution in [0.25, 0.3) is 0 Å². The summed E-state index contributed by atoms with van der Waals surface area (Å²) in [5.74, 6) is -0.0465. The van der Waals surface area contributed by atoms with Crippen LogP contribution in [0.5, 0.6) is 5.75 Å². The molecule has 0 saturated heterocycles. The molecule has 0 heterocycles. The third-order valence-electron chi connectivity index (χ3n) is 2.61. The minimum atomic E-state index is -0.328. The van der Waals surface area contributed by atoms with E-state index in [9.17, 15) is 9.59 Å². The van der Waals surface area contributed by atoms with Crippen molar-refractivity contribution in [2.24, 2.45) is 0 Å². The molecule has 2 amide bonds. The van der Waals surface area contributed by atoms with Crippen molar-refractivity contribution in [3.8, 4) is 11.8 Å². The number of rotatable bonds is 8. The molecule has 0 unspecified atom stereocenters. The van der Waals surface area contributed by atoms with Gasteiger partial charge in [0.15, 0.2) is 6.61 Å². The van der Waals surface area contributed by atoms with Crippen molar-refractivity contribution < 1.29 is 14.3 Å². The first-order chi connectivity index (χ1) is 10.2. The monoisotopic (exact) mass is 289 g/mol. The van der Waals surface area contributed by atoms with Crippen LogP contribution >= 0.6 is 0 Å². The molecule has 1 rings (SSSR count). The van der Waals surface area contributed by atoms with Gasteiger partial charge in [-0.25, -0.2) is 0 Å². The average molecular weight is 289 g/mol. The van der Waals surface area contributed by atoms with Gasteiger partial charge in [0.2, 0.25) is 5.91 Å². The summed E-state index contributed by atoms with van der Waals surface area (Å²) in [6.45, 7) is 2.69. The number of ether oxygens (including phenoxy) is 1. The fraction of sp³-hybridized carbons (Fsp3) is 0.400. The van der Waals surface area contributed by atoms with Gasteiger partial charge in [-0.1, -0.05) is 19.1 Å². The van der Waals surface area contributed by atoms with Gasteiger partial charge in [-0.2, -0.15) is 5.26 Å². The number of hydrogen-bond acceptors (Lipinski definition) is 4. The Morgan fingerprint density at radius 2 is 1.90 bits per heavy atom. The maximum Gasteiger partial charge on any atom is 0.257 e. The normalized spacial score (nSPS) is 9.52. The highest BCUT2D eigenvalue weighted by atomic mass is 16.5. The van der Waals surface area contributed by atoms with Gasteiger partial charge in [0.05, 0.1) is 5.56 Å². The maximum absolute atomic E-state index is 11.6. The number of nitrogens with zero attached hydrogens (tertiary/aromatic N) is 1. The lowest BCUT2D eigenvalue weighted by molar-refractivity contribution is -0.123. The highest BCUT2D eigenvalue weighted by molar-refractivity contribution is 5.79. The first-order valence-corrected chi connectivity index (χ1v) is 6.82. The minimum Gasteiger partial charge on any atom is -0.482 e. The summed E-state index contributed by atoms with van der Waals surface area (Å²) in [4.78, 5) is 22.9. The van der Waals surface area contributed by atoms with Crippen LogP contribution in [-0.2, 0) is 9.59 Å². The molecule has 112 valence electrons. The summed E-state index contributed by atoms with van der Waals surface area (Å²) >= 11 is 0. The Kier molecular flexibility index (Phi) is 7.36. The third kappa shape index (κ3) is 6.43. The summed E-state index contributed by atoms with van der Waals surface area (Å²) in [5, 5.41) is 14.2. The van der Waals surface area contributed by atoms with Crippen LogP contribution in [0.1, 0.15) is 25.3 Å². The Labute approximate surface area is 124 Å². The Morgan fingerprint density at radius 3 is 2.62 bits per heavy atom. The molecule has 0 spiro atoms. The lowest BCUT2D eigenvalue weighted by Gasteiger charge is -2.08. The van der Waals surface area contributed by atoms with E-state index < -0.39 is 0 Å². The molecular formula is C15H19N3O3. The van der Waals surface area contributed by atoms with Crippen LogP contribution in [0.3, 0.4) is 0 Å². The molecule has 0 aliphatic carbocycles. The van der Waals surface area contributed by atoms with E-state index in [1.54, 1.807) is 24.3 Å². The summed E-state index contributed by atoms with van der Waals surface area (Å²) < 4.78 is 5.28. The van der Waals surface area contributed by atoms with E-state index in [1.165, 1.54) is 0 Å². The maximum atomic E-state index is 11.6. The smallest absolute Gasteiger partial charge is 0.257 e. The molecule has 1 aromatic rings. The first kappa shape index (κ1) is 16.5. The van der Waals surface area contributed by atoms with Crippen molar-refractivity contribution in [2.45, 2.75) is 19.8 Å². The molecule has 0 atom stereocenters. The van der Waals surface area contributed by atoms with Crippen molar-refractivity contribution in [3.63, 3.8) is 0 Å². The fourth-order valence-corrected chi connectivity index (χ4v) is 1.55. The summed E-state index contributed by atoms with van der Waals surface area (Å²) in [6, 6.07) is 8.68. The van der Waals surface area contributed by atoms with Crippen LogP contribution in [0, 0.1) is 11.3 Å². The van der Waals surface area contributed by atoms with Crippen LogP contribution in [-0.4, -0.2) is 31.5 Å². The summed E-state index contributed by atoms with van der Waals surface area (Å²) in [5.41, 5.74) is 0.379. The standard InChI is InChI=1S/C15H19N3O3/c1-2-8-17-14(19)7-9-18-15(20)11-21-13-6-4-3-5-12(13)10-16/h3-6H,2,7-9,11H2,1H3,(H,17,19)(H,18,20). The van der Waals surface area contributed by atoms with Crippen molar-refractivity contribution in [1.29, 1.82) is 5.26 Å². The van der Waals surface area contributed by atoms with Crippen LogP contribution in [0.2, 0.25) is 0 Å². The predicted octanol–water partition coefficient (Wildman–Crippen LogP) is 0.970. The lowest BCUT2D eigenvalue weighted by atomic mass is 10.2. The van der Waals surface area contributed by atoms with Crippen molar-refractivity contribution >= 4 is 11.8 Å². The topological polar surface area (TPSA) is 91.2 Å². The van der Waals surface area contributed by atoms with Gasteiger partial charge in [0, 0.05) is 19.5 Å². The fourth-order valence-electron chi connectivity index (χ4n) is 1.55. The lowest BCUT2D eigenvalue weighted by Crippen LogP contribution is -2.33. The number of nitrogens with one attached hydrogen (secondary N) is 2. The predicted molar refractivity (Wildman–Crippen MR) is 77.6 cm³/mol. The summed E-state index contributed by atoms with van der Waals surface area (Å²) in [7, 11) is 0. The van der Waals surface area contributed by atoms with Gasteiger partial charge in [-0.15, -0.1) is 0 Å². The van der Waals surface area contributed by atoms with Crippen molar-refractivity contribution in [3.05, 3.63) is 29.8 Å². The quantitative estimate of drug-likeness (QED) is 0.746. The van der Waals surface area contributed by atoms with E-state index in [4.69, 9.17) is 10.00 Å². The van der Waals surface area contributed by atoms with Crippen molar-refractivity contribution in [2.75, 3.05) is 19.7 Å². The zero-order chi connectivity index (χ0) is 15.5.